The van der Waals surface area contributed by atoms with Crippen LogP contribution in [0.15, 0.2) is 29.6 Å². The quantitative estimate of drug-likeness (QED) is 0.645. The first-order chi connectivity index (χ1) is 9.19. The Kier molecular flexibility index (Phi) is 3.31. The van der Waals surface area contributed by atoms with Crippen LogP contribution in [0.3, 0.4) is 0 Å². The molecule has 0 aliphatic carbocycles. The number of halogens is 2. The second kappa shape index (κ2) is 4.96. The summed E-state index contributed by atoms with van der Waals surface area (Å²) in [5, 5.41) is 3.60. The van der Waals surface area contributed by atoms with E-state index >= 15 is 0 Å². The summed E-state index contributed by atoms with van der Waals surface area (Å²) in [5.74, 6) is 1.33. The van der Waals surface area contributed by atoms with Gasteiger partial charge in [-0.3, -0.25) is 0 Å². The van der Waals surface area contributed by atoms with Gasteiger partial charge in [0.15, 0.2) is 5.82 Å². The molecule has 0 bridgehead atoms. The van der Waals surface area contributed by atoms with Crippen molar-refractivity contribution in [2.75, 3.05) is 7.11 Å². The Hall–Kier alpha value is -1.36. The van der Waals surface area contributed by atoms with Crippen LogP contribution in [0, 0.1) is 0 Å². The lowest BCUT2D eigenvalue weighted by Gasteiger charge is -2.04. The van der Waals surface area contributed by atoms with Gasteiger partial charge in [0.05, 0.1) is 22.5 Å². The molecule has 2 aromatic heterocycles. The topological polar surface area (TPSA) is 35.0 Å². The Bertz CT molecular complexity index is 757. The zero-order valence-electron chi connectivity index (χ0n) is 9.85. The number of para-hydroxylation sites is 1. The van der Waals surface area contributed by atoms with Gasteiger partial charge >= 0.3 is 0 Å². The SMILES string of the molecule is COc1csc(-c2nc(Cl)c3cccc(Cl)c3n2)c1. The first kappa shape index (κ1) is 12.7. The van der Waals surface area contributed by atoms with Crippen molar-refractivity contribution in [3.8, 4) is 16.5 Å². The van der Waals surface area contributed by atoms with E-state index in [9.17, 15) is 0 Å². The molecule has 96 valence electrons. The zero-order chi connectivity index (χ0) is 13.4. The molecule has 3 aromatic rings. The van der Waals surface area contributed by atoms with Crippen LogP contribution in [-0.4, -0.2) is 17.1 Å². The van der Waals surface area contributed by atoms with Gasteiger partial charge in [0.25, 0.3) is 0 Å². The molecular weight excluding hydrogens is 303 g/mol. The highest BCUT2D eigenvalue weighted by Gasteiger charge is 2.12. The minimum absolute atomic E-state index is 0.398. The van der Waals surface area contributed by atoms with E-state index in [-0.39, 0.29) is 0 Å². The molecular formula is C13H8Cl2N2OS. The van der Waals surface area contributed by atoms with E-state index in [1.54, 1.807) is 13.2 Å². The Balaban J connectivity index is 2.22. The number of thiophene rings is 1. The maximum Gasteiger partial charge on any atom is 0.171 e. The maximum atomic E-state index is 6.19. The molecule has 0 aliphatic rings. The fourth-order valence-corrected chi connectivity index (χ4v) is 2.97. The number of hydrogen-bond donors (Lipinski definition) is 0. The fraction of sp³-hybridized carbons (Fsp3) is 0.0769. The van der Waals surface area contributed by atoms with Gasteiger partial charge < -0.3 is 4.74 Å². The zero-order valence-corrected chi connectivity index (χ0v) is 12.2. The lowest BCUT2D eigenvalue weighted by Crippen LogP contribution is -1.90. The number of methoxy groups -OCH3 is 1. The maximum absolute atomic E-state index is 6.19. The Morgan fingerprint density at radius 1 is 1.21 bits per heavy atom. The van der Waals surface area contributed by atoms with Gasteiger partial charge in [-0.2, -0.15) is 0 Å². The first-order valence-corrected chi connectivity index (χ1v) is 7.07. The number of hydrogen-bond acceptors (Lipinski definition) is 4. The van der Waals surface area contributed by atoms with Crippen molar-refractivity contribution >= 4 is 45.4 Å². The molecule has 0 aliphatic heterocycles. The summed E-state index contributed by atoms with van der Waals surface area (Å²) in [6.45, 7) is 0. The van der Waals surface area contributed by atoms with Crippen molar-refractivity contribution < 1.29 is 4.74 Å². The highest BCUT2D eigenvalue weighted by molar-refractivity contribution is 7.13. The molecule has 0 saturated carbocycles. The average Bonchev–Trinajstić information content (AvgIpc) is 2.88. The normalized spacial score (nSPS) is 10.9. The molecule has 0 fully saturated rings. The van der Waals surface area contributed by atoms with Crippen LogP contribution in [0.5, 0.6) is 5.75 Å². The summed E-state index contributed by atoms with van der Waals surface area (Å²) in [6.07, 6.45) is 0. The Labute approximate surface area is 123 Å². The van der Waals surface area contributed by atoms with Gasteiger partial charge in [-0.1, -0.05) is 29.3 Å². The van der Waals surface area contributed by atoms with Crippen molar-refractivity contribution in [3.63, 3.8) is 0 Å². The lowest BCUT2D eigenvalue weighted by molar-refractivity contribution is 0.417. The minimum atomic E-state index is 0.398. The van der Waals surface area contributed by atoms with Crippen LogP contribution < -0.4 is 4.74 Å². The highest BCUT2D eigenvalue weighted by atomic mass is 35.5. The largest absolute Gasteiger partial charge is 0.496 e. The summed E-state index contributed by atoms with van der Waals surface area (Å²) in [5.41, 5.74) is 0.659. The highest BCUT2D eigenvalue weighted by Crippen LogP contribution is 2.33. The first-order valence-electron chi connectivity index (χ1n) is 5.43. The van der Waals surface area contributed by atoms with E-state index in [1.165, 1.54) is 11.3 Å². The van der Waals surface area contributed by atoms with Crippen LogP contribution in [0.4, 0.5) is 0 Å². The van der Waals surface area contributed by atoms with Gasteiger partial charge in [0, 0.05) is 16.8 Å². The van der Waals surface area contributed by atoms with Crippen LogP contribution >= 0.6 is 34.5 Å². The van der Waals surface area contributed by atoms with Crippen molar-refractivity contribution in [2.24, 2.45) is 0 Å². The molecule has 0 unspecified atom stereocenters. The third kappa shape index (κ3) is 2.27. The second-order valence-electron chi connectivity index (χ2n) is 3.82. The van der Waals surface area contributed by atoms with Gasteiger partial charge in [-0.15, -0.1) is 11.3 Å². The van der Waals surface area contributed by atoms with Crippen molar-refractivity contribution in [1.82, 2.24) is 9.97 Å². The molecule has 0 radical (unpaired) electrons. The van der Waals surface area contributed by atoms with Crippen molar-refractivity contribution in [1.29, 1.82) is 0 Å². The fourth-order valence-electron chi connectivity index (χ4n) is 1.73. The molecule has 0 saturated heterocycles. The van der Waals surface area contributed by atoms with E-state index in [4.69, 9.17) is 27.9 Å². The molecule has 3 nitrogen and oxygen atoms in total. The summed E-state index contributed by atoms with van der Waals surface area (Å²) >= 11 is 13.8. The van der Waals surface area contributed by atoms with Gasteiger partial charge in [-0.25, -0.2) is 9.97 Å². The lowest BCUT2D eigenvalue weighted by atomic mass is 10.2. The van der Waals surface area contributed by atoms with Crippen LogP contribution in [-0.2, 0) is 0 Å². The number of nitrogens with zero attached hydrogens (tertiary/aromatic N) is 2. The van der Waals surface area contributed by atoms with Crippen LogP contribution in [0.2, 0.25) is 10.2 Å². The molecule has 3 rings (SSSR count). The monoisotopic (exact) mass is 310 g/mol. The van der Waals surface area contributed by atoms with E-state index in [0.29, 0.717) is 21.5 Å². The van der Waals surface area contributed by atoms with E-state index in [2.05, 4.69) is 9.97 Å². The standard InChI is InChI=1S/C13H8Cl2N2OS/c1-18-7-5-10(19-6-7)13-16-11-8(12(15)17-13)3-2-4-9(11)14/h2-6H,1H3. The number of benzene rings is 1. The molecule has 0 amide bonds. The van der Waals surface area contributed by atoms with E-state index < -0.39 is 0 Å². The van der Waals surface area contributed by atoms with Crippen LogP contribution in [0.25, 0.3) is 21.6 Å². The minimum Gasteiger partial charge on any atom is -0.496 e. The molecule has 19 heavy (non-hydrogen) atoms. The smallest absolute Gasteiger partial charge is 0.171 e. The summed E-state index contributed by atoms with van der Waals surface area (Å²) in [4.78, 5) is 9.68. The van der Waals surface area contributed by atoms with Gasteiger partial charge in [0.2, 0.25) is 0 Å². The Morgan fingerprint density at radius 3 is 2.79 bits per heavy atom. The summed E-state index contributed by atoms with van der Waals surface area (Å²) < 4.78 is 5.15. The van der Waals surface area contributed by atoms with Crippen molar-refractivity contribution in [2.45, 2.75) is 0 Å². The van der Waals surface area contributed by atoms with Gasteiger partial charge in [0.1, 0.15) is 10.9 Å². The molecule has 6 heteroatoms. The molecule has 0 atom stereocenters. The third-order valence-corrected chi connectivity index (χ3v) is 4.16. The number of fused-ring (bicyclic) bond motifs is 1. The molecule has 2 heterocycles. The van der Waals surface area contributed by atoms with Gasteiger partial charge in [-0.05, 0) is 12.1 Å². The third-order valence-electron chi connectivity index (χ3n) is 2.66. The van der Waals surface area contributed by atoms with Crippen molar-refractivity contribution in [3.05, 3.63) is 39.8 Å². The van der Waals surface area contributed by atoms with E-state index in [0.717, 1.165) is 16.0 Å². The molecule has 1 aromatic carbocycles. The van der Waals surface area contributed by atoms with E-state index in [1.807, 2.05) is 23.6 Å². The second-order valence-corrected chi connectivity index (χ2v) is 5.50. The molecule has 0 N–H and O–H groups in total. The summed E-state index contributed by atoms with van der Waals surface area (Å²) in [7, 11) is 1.62. The summed E-state index contributed by atoms with van der Waals surface area (Å²) in [6, 6.07) is 7.33. The average molecular weight is 311 g/mol. The number of ether oxygens (including phenoxy) is 1. The van der Waals surface area contributed by atoms with Crippen LogP contribution in [0.1, 0.15) is 0 Å². The predicted octanol–water partition coefficient (Wildman–Crippen LogP) is 4.67. The number of aromatic nitrogens is 2. The molecule has 0 spiro atoms. The number of rotatable bonds is 2. The predicted molar refractivity (Wildman–Crippen MR) is 79.4 cm³/mol. The Morgan fingerprint density at radius 2 is 2.05 bits per heavy atom.